The number of aliphatic imine (C=N–C) groups is 1. The Morgan fingerprint density at radius 3 is 2.74 bits per heavy atom. The predicted octanol–water partition coefficient (Wildman–Crippen LogP) is 2.57. The molecular formula is C14H22IN3O. The van der Waals surface area contributed by atoms with Crippen LogP contribution in [0.5, 0.6) is 5.75 Å². The van der Waals surface area contributed by atoms with Gasteiger partial charge in [-0.2, -0.15) is 0 Å². The standard InChI is InChI=1S/C14H21N3O.HI/c1-2-15-14(17-8-3-4-9-17)16-11-12-6-5-7-13(18)10-12;/h5-7,10,18H,2-4,8-9,11H2,1H3,(H,15,16);1H. The van der Waals surface area contributed by atoms with Crippen molar-refractivity contribution in [3.05, 3.63) is 29.8 Å². The molecule has 1 heterocycles. The van der Waals surface area contributed by atoms with Gasteiger partial charge in [0, 0.05) is 19.6 Å². The minimum absolute atomic E-state index is 0. The van der Waals surface area contributed by atoms with Gasteiger partial charge in [-0.3, -0.25) is 0 Å². The van der Waals surface area contributed by atoms with E-state index in [4.69, 9.17) is 0 Å². The second-order valence-electron chi connectivity index (χ2n) is 4.53. The Morgan fingerprint density at radius 2 is 2.11 bits per heavy atom. The van der Waals surface area contributed by atoms with Crippen LogP contribution in [0, 0.1) is 0 Å². The summed E-state index contributed by atoms with van der Waals surface area (Å²) in [4.78, 5) is 6.93. The quantitative estimate of drug-likeness (QED) is 0.485. The molecule has 1 saturated heterocycles. The first-order chi connectivity index (χ1) is 8.79. The van der Waals surface area contributed by atoms with E-state index in [0.29, 0.717) is 12.3 Å². The number of likely N-dealkylation sites (tertiary alicyclic amines) is 1. The summed E-state index contributed by atoms with van der Waals surface area (Å²) in [5.74, 6) is 1.28. The Balaban J connectivity index is 0.00000180. The van der Waals surface area contributed by atoms with Crippen LogP contribution in [-0.4, -0.2) is 35.6 Å². The van der Waals surface area contributed by atoms with E-state index in [-0.39, 0.29) is 24.0 Å². The molecule has 0 aromatic heterocycles. The van der Waals surface area contributed by atoms with Crippen LogP contribution in [0.15, 0.2) is 29.3 Å². The fraction of sp³-hybridized carbons (Fsp3) is 0.500. The van der Waals surface area contributed by atoms with Crippen molar-refractivity contribution in [2.24, 2.45) is 4.99 Å². The Labute approximate surface area is 131 Å². The van der Waals surface area contributed by atoms with E-state index in [2.05, 4.69) is 22.1 Å². The first-order valence-electron chi connectivity index (χ1n) is 6.61. The van der Waals surface area contributed by atoms with Crippen LogP contribution in [0.3, 0.4) is 0 Å². The summed E-state index contributed by atoms with van der Waals surface area (Å²) in [6.07, 6.45) is 2.49. The second kappa shape index (κ2) is 8.24. The SMILES string of the molecule is CCNC(=NCc1cccc(O)c1)N1CCCC1.I. The Bertz CT molecular complexity index is 417. The van der Waals surface area contributed by atoms with E-state index in [0.717, 1.165) is 31.2 Å². The summed E-state index contributed by atoms with van der Waals surface area (Å²) < 4.78 is 0. The van der Waals surface area contributed by atoms with Crippen molar-refractivity contribution in [3.8, 4) is 5.75 Å². The molecule has 0 radical (unpaired) electrons. The number of guanidine groups is 1. The van der Waals surface area contributed by atoms with Crippen molar-refractivity contribution < 1.29 is 5.11 Å². The van der Waals surface area contributed by atoms with Crippen molar-refractivity contribution in [3.63, 3.8) is 0 Å². The van der Waals surface area contributed by atoms with Gasteiger partial charge in [0.05, 0.1) is 6.54 Å². The summed E-state index contributed by atoms with van der Waals surface area (Å²) in [5.41, 5.74) is 1.03. The average molecular weight is 375 g/mol. The van der Waals surface area contributed by atoms with Gasteiger partial charge in [-0.15, -0.1) is 24.0 Å². The predicted molar refractivity (Wildman–Crippen MR) is 89.1 cm³/mol. The molecule has 19 heavy (non-hydrogen) atoms. The summed E-state index contributed by atoms with van der Waals surface area (Å²) in [6, 6.07) is 7.27. The molecule has 4 nitrogen and oxygen atoms in total. The number of halogens is 1. The van der Waals surface area contributed by atoms with E-state index >= 15 is 0 Å². The monoisotopic (exact) mass is 375 g/mol. The fourth-order valence-corrected chi connectivity index (χ4v) is 2.18. The van der Waals surface area contributed by atoms with E-state index in [9.17, 15) is 5.11 Å². The number of hydrogen-bond donors (Lipinski definition) is 2. The van der Waals surface area contributed by atoms with Crippen LogP contribution in [0.4, 0.5) is 0 Å². The van der Waals surface area contributed by atoms with Crippen LogP contribution >= 0.6 is 24.0 Å². The van der Waals surface area contributed by atoms with E-state index in [1.54, 1.807) is 12.1 Å². The number of benzene rings is 1. The summed E-state index contributed by atoms with van der Waals surface area (Å²) in [7, 11) is 0. The third-order valence-electron chi connectivity index (χ3n) is 3.06. The minimum atomic E-state index is 0. The zero-order valence-electron chi connectivity index (χ0n) is 11.3. The van der Waals surface area contributed by atoms with Gasteiger partial charge in [0.2, 0.25) is 0 Å². The fourth-order valence-electron chi connectivity index (χ4n) is 2.18. The van der Waals surface area contributed by atoms with Gasteiger partial charge >= 0.3 is 0 Å². The van der Waals surface area contributed by atoms with Crippen LogP contribution in [0.2, 0.25) is 0 Å². The highest BCUT2D eigenvalue weighted by Crippen LogP contribution is 2.12. The van der Waals surface area contributed by atoms with Crippen molar-refractivity contribution in [2.75, 3.05) is 19.6 Å². The number of hydrogen-bond acceptors (Lipinski definition) is 2. The largest absolute Gasteiger partial charge is 0.508 e. The third kappa shape index (κ3) is 4.89. The van der Waals surface area contributed by atoms with Gasteiger partial charge in [-0.05, 0) is 37.5 Å². The normalized spacial score (nSPS) is 15.2. The van der Waals surface area contributed by atoms with Crippen molar-refractivity contribution in [1.82, 2.24) is 10.2 Å². The highest BCUT2D eigenvalue weighted by atomic mass is 127. The lowest BCUT2D eigenvalue weighted by molar-refractivity contribution is 0.474. The van der Waals surface area contributed by atoms with Gasteiger partial charge < -0.3 is 15.3 Å². The highest BCUT2D eigenvalue weighted by molar-refractivity contribution is 14.0. The van der Waals surface area contributed by atoms with Gasteiger partial charge in [0.1, 0.15) is 5.75 Å². The molecule has 1 aromatic rings. The molecule has 1 aliphatic rings. The molecule has 0 amide bonds. The second-order valence-corrected chi connectivity index (χ2v) is 4.53. The number of nitrogens with zero attached hydrogens (tertiary/aromatic N) is 2. The van der Waals surface area contributed by atoms with Gasteiger partial charge in [-0.1, -0.05) is 12.1 Å². The molecule has 0 bridgehead atoms. The lowest BCUT2D eigenvalue weighted by atomic mass is 10.2. The van der Waals surface area contributed by atoms with Crippen molar-refractivity contribution in [2.45, 2.75) is 26.3 Å². The molecule has 0 atom stereocenters. The van der Waals surface area contributed by atoms with Crippen molar-refractivity contribution >= 4 is 29.9 Å². The van der Waals surface area contributed by atoms with Crippen molar-refractivity contribution in [1.29, 1.82) is 0 Å². The first-order valence-corrected chi connectivity index (χ1v) is 6.61. The molecule has 1 fully saturated rings. The number of phenolic OH excluding ortho intramolecular Hbond substituents is 1. The molecule has 1 aliphatic heterocycles. The summed E-state index contributed by atoms with van der Waals surface area (Å²) in [5, 5.41) is 12.7. The van der Waals surface area contributed by atoms with Crippen LogP contribution in [-0.2, 0) is 6.54 Å². The Hall–Kier alpha value is -0.980. The zero-order valence-corrected chi connectivity index (χ0v) is 13.6. The van der Waals surface area contributed by atoms with E-state index in [1.165, 1.54) is 12.8 Å². The molecule has 2 N–H and O–H groups in total. The number of aromatic hydroxyl groups is 1. The molecular weight excluding hydrogens is 353 g/mol. The van der Waals surface area contributed by atoms with E-state index < -0.39 is 0 Å². The molecule has 5 heteroatoms. The molecule has 0 aliphatic carbocycles. The zero-order chi connectivity index (χ0) is 12.8. The molecule has 2 rings (SSSR count). The van der Waals surface area contributed by atoms with Crippen LogP contribution in [0.1, 0.15) is 25.3 Å². The molecule has 106 valence electrons. The number of nitrogens with one attached hydrogen (secondary N) is 1. The maximum absolute atomic E-state index is 9.42. The number of phenols is 1. The average Bonchev–Trinajstić information content (AvgIpc) is 2.88. The first kappa shape index (κ1) is 16.1. The Morgan fingerprint density at radius 1 is 1.37 bits per heavy atom. The minimum Gasteiger partial charge on any atom is -0.508 e. The third-order valence-corrected chi connectivity index (χ3v) is 3.06. The molecule has 0 unspecified atom stereocenters. The van der Waals surface area contributed by atoms with Gasteiger partial charge in [0.25, 0.3) is 0 Å². The lowest BCUT2D eigenvalue weighted by Crippen LogP contribution is -2.39. The topological polar surface area (TPSA) is 47.9 Å². The van der Waals surface area contributed by atoms with Crippen LogP contribution < -0.4 is 5.32 Å². The maximum atomic E-state index is 9.42. The molecule has 0 spiro atoms. The van der Waals surface area contributed by atoms with Crippen LogP contribution in [0.25, 0.3) is 0 Å². The summed E-state index contributed by atoms with van der Waals surface area (Å²) in [6.45, 7) is 5.75. The van der Waals surface area contributed by atoms with Gasteiger partial charge in [-0.25, -0.2) is 4.99 Å². The molecule has 1 aromatic carbocycles. The smallest absolute Gasteiger partial charge is 0.194 e. The lowest BCUT2D eigenvalue weighted by Gasteiger charge is -2.20. The molecule has 0 saturated carbocycles. The maximum Gasteiger partial charge on any atom is 0.194 e. The Kier molecular flexibility index (Phi) is 6.97. The highest BCUT2D eigenvalue weighted by Gasteiger charge is 2.15. The summed E-state index contributed by atoms with van der Waals surface area (Å²) >= 11 is 0. The number of rotatable bonds is 3. The van der Waals surface area contributed by atoms with E-state index in [1.807, 2.05) is 12.1 Å². The van der Waals surface area contributed by atoms with Gasteiger partial charge in [0.15, 0.2) is 5.96 Å².